The number of imidazole rings is 1. The van der Waals surface area contributed by atoms with Crippen LogP contribution in [0.5, 0.6) is 5.75 Å². The molecule has 3 N–H and O–H groups in total. The van der Waals surface area contributed by atoms with Gasteiger partial charge >= 0.3 is 0 Å². The number of ether oxygens (including phenoxy) is 1. The fourth-order valence-electron chi connectivity index (χ4n) is 5.00. The predicted molar refractivity (Wildman–Crippen MR) is 142 cm³/mol. The highest BCUT2D eigenvalue weighted by molar-refractivity contribution is 9.10. The van der Waals surface area contributed by atoms with Crippen molar-refractivity contribution in [3.05, 3.63) is 34.9 Å². The van der Waals surface area contributed by atoms with Crippen LogP contribution in [-0.2, 0) is 0 Å². The Morgan fingerprint density at radius 1 is 1.09 bits per heavy atom. The number of halogens is 1. The molecule has 2 saturated heterocycles. The van der Waals surface area contributed by atoms with Gasteiger partial charge in [-0.15, -0.1) is 0 Å². The van der Waals surface area contributed by atoms with Crippen molar-refractivity contribution in [3.63, 3.8) is 0 Å². The summed E-state index contributed by atoms with van der Waals surface area (Å²) in [7, 11) is 0. The Kier molecular flexibility index (Phi) is 7.98. The molecule has 0 atom stereocenters. The van der Waals surface area contributed by atoms with Crippen molar-refractivity contribution in [2.75, 3.05) is 51.2 Å². The highest BCUT2D eigenvalue weighted by atomic mass is 79.9. The molecule has 2 aliphatic rings. The number of aromatic nitrogens is 3. The van der Waals surface area contributed by atoms with Crippen molar-refractivity contribution in [2.24, 2.45) is 5.92 Å². The fourth-order valence-corrected chi connectivity index (χ4v) is 5.44. The molecule has 2 aliphatic heterocycles. The van der Waals surface area contributed by atoms with Gasteiger partial charge in [0.2, 0.25) is 0 Å². The van der Waals surface area contributed by atoms with Gasteiger partial charge in [-0.3, -0.25) is 4.90 Å². The lowest BCUT2D eigenvalue weighted by atomic mass is 9.95. The zero-order valence-corrected chi connectivity index (χ0v) is 21.4. The Bertz CT molecular complexity index is 1060. The molecule has 1 aromatic carbocycles. The first-order chi connectivity index (χ1) is 16.8. The van der Waals surface area contributed by atoms with Crippen LogP contribution in [0, 0.1) is 5.92 Å². The minimum Gasteiger partial charge on any atom is -0.492 e. The molecule has 7 nitrogen and oxygen atoms in total. The number of fused-ring (bicyclic) bond motifs is 1. The number of pyridine rings is 1. The average molecular weight is 528 g/mol. The number of piperidine rings is 2. The highest BCUT2D eigenvalue weighted by Crippen LogP contribution is 2.31. The lowest BCUT2D eigenvalue weighted by Gasteiger charge is -2.26. The summed E-state index contributed by atoms with van der Waals surface area (Å²) >= 11 is 3.67. The van der Waals surface area contributed by atoms with Gasteiger partial charge in [0.1, 0.15) is 23.7 Å². The molecule has 5 rings (SSSR count). The second-order valence-corrected chi connectivity index (χ2v) is 10.3. The topological polar surface area (TPSA) is 78.1 Å². The maximum atomic E-state index is 5.98. The third kappa shape index (κ3) is 5.90. The van der Waals surface area contributed by atoms with E-state index in [2.05, 4.69) is 53.6 Å². The van der Waals surface area contributed by atoms with Crippen LogP contribution < -0.4 is 15.4 Å². The molecular weight excluding hydrogens is 492 g/mol. The summed E-state index contributed by atoms with van der Waals surface area (Å²) in [5.41, 5.74) is 3.73. The van der Waals surface area contributed by atoms with E-state index in [9.17, 15) is 0 Å². The lowest BCUT2D eigenvalue weighted by molar-refractivity contribution is 0.183. The number of aromatic amines is 1. The number of hydrogen-bond donors (Lipinski definition) is 3. The second-order valence-electron chi connectivity index (χ2n) is 9.45. The Labute approximate surface area is 210 Å². The van der Waals surface area contributed by atoms with E-state index in [4.69, 9.17) is 9.72 Å². The standard InChI is InChI=1S/C26H35BrN6O/c27-22-18-30-26-24(23(22)29-13-10-19-8-11-28-12-9-19)31-25(32-26)20-4-6-21(7-5-20)34-17-16-33-14-2-1-3-15-33/h4-7,18-19,28H,1-3,8-17H2,(H2,29,30,31,32). The third-order valence-electron chi connectivity index (χ3n) is 7.04. The van der Waals surface area contributed by atoms with Crippen LogP contribution in [0.15, 0.2) is 34.9 Å². The summed E-state index contributed by atoms with van der Waals surface area (Å²) in [4.78, 5) is 15.3. The number of rotatable bonds is 9. The van der Waals surface area contributed by atoms with E-state index in [1.54, 1.807) is 0 Å². The maximum absolute atomic E-state index is 5.98. The number of anilines is 1. The van der Waals surface area contributed by atoms with Gasteiger partial charge in [-0.2, -0.15) is 0 Å². The largest absolute Gasteiger partial charge is 0.492 e. The SMILES string of the molecule is Brc1cnc2nc(-c3ccc(OCCN4CCCCC4)cc3)[nH]c2c1NCCC1CCNCC1. The molecule has 182 valence electrons. The molecule has 8 heteroatoms. The first-order valence-electron chi connectivity index (χ1n) is 12.7. The van der Waals surface area contributed by atoms with E-state index in [0.29, 0.717) is 0 Å². The zero-order valence-electron chi connectivity index (χ0n) is 19.8. The Hall–Kier alpha value is -2.16. The number of likely N-dealkylation sites (tertiary alicyclic amines) is 1. The molecule has 0 bridgehead atoms. The van der Waals surface area contributed by atoms with Gasteiger partial charge in [-0.05, 0) is 104 Å². The first kappa shape index (κ1) is 23.6. The van der Waals surface area contributed by atoms with Crippen molar-refractivity contribution in [2.45, 2.75) is 38.5 Å². The van der Waals surface area contributed by atoms with Crippen molar-refractivity contribution >= 4 is 32.8 Å². The van der Waals surface area contributed by atoms with Crippen LogP contribution in [0.4, 0.5) is 5.69 Å². The van der Waals surface area contributed by atoms with Gasteiger partial charge in [-0.25, -0.2) is 9.97 Å². The smallest absolute Gasteiger partial charge is 0.180 e. The summed E-state index contributed by atoms with van der Waals surface area (Å²) < 4.78 is 6.94. The first-order valence-corrected chi connectivity index (χ1v) is 13.5. The molecule has 0 amide bonds. The summed E-state index contributed by atoms with van der Waals surface area (Å²) in [5, 5.41) is 7.07. The summed E-state index contributed by atoms with van der Waals surface area (Å²) in [6.45, 7) is 7.36. The van der Waals surface area contributed by atoms with Crippen LogP contribution in [0.25, 0.3) is 22.6 Å². The van der Waals surface area contributed by atoms with Crippen LogP contribution >= 0.6 is 15.9 Å². The summed E-state index contributed by atoms with van der Waals surface area (Å²) in [6.07, 6.45) is 9.53. The maximum Gasteiger partial charge on any atom is 0.180 e. The minimum atomic E-state index is 0.726. The molecular formula is C26H35BrN6O. The van der Waals surface area contributed by atoms with Crippen LogP contribution in [0.3, 0.4) is 0 Å². The van der Waals surface area contributed by atoms with Crippen LogP contribution in [0.2, 0.25) is 0 Å². The van der Waals surface area contributed by atoms with Crippen LogP contribution in [0.1, 0.15) is 38.5 Å². The fraction of sp³-hybridized carbons (Fsp3) is 0.538. The number of nitrogens with zero attached hydrogens (tertiary/aromatic N) is 3. The van der Waals surface area contributed by atoms with Gasteiger partial charge in [0.15, 0.2) is 5.65 Å². The molecule has 0 aliphatic carbocycles. The Balaban J connectivity index is 1.21. The van der Waals surface area contributed by atoms with Crippen molar-refractivity contribution < 1.29 is 4.74 Å². The molecule has 4 heterocycles. The third-order valence-corrected chi connectivity index (χ3v) is 7.64. The Morgan fingerprint density at radius 2 is 1.88 bits per heavy atom. The molecule has 2 fully saturated rings. The van der Waals surface area contributed by atoms with Crippen molar-refractivity contribution in [1.82, 2.24) is 25.2 Å². The average Bonchev–Trinajstić information content (AvgIpc) is 3.32. The normalized spacial score (nSPS) is 17.8. The molecule has 0 saturated carbocycles. The van der Waals surface area contributed by atoms with Gasteiger partial charge < -0.3 is 20.4 Å². The highest BCUT2D eigenvalue weighted by Gasteiger charge is 2.16. The van der Waals surface area contributed by atoms with Gasteiger partial charge in [0, 0.05) is 24.8 Å². The number of H-pyrrole nitrogens is 1. The minimum absolute atomic E-state index is 0.726. The quantitative estimate of drug-likeness (QED) is 0.362. The number of nitrogens with one attached hydrogen (secondary N) is 3. The van der Waals surface area contributed by atoms with Crippen LogP contribution in [-0.4, -0.2) is 65.7 Å². The van der Waals surface area contributed by atoms with E-state index in [1.807, 2.05) is 18.3 Å². The van der Waals surface area contributed by atoms with E-state index in [0.717, 1.165) is 77.2 Å². The number of benzene rings is 1. The molecule has 0 spiro atoms. The monoisotopic (exact) mass is 526 g/mol. The number of hydrogen-bond acceptors (Lipinski definition) is 6. The van der Waals surface area contributed by atoms with Gasteiger partial charge in [0.25, 0.3) is 0 Å². The molecule has 3 aromatic rings. The van der Waals surface area contributed by atoms with Gasteiger partial charge in [-0.1, -0.05) is 6.42 Å². The second kappa shape index (κ2) is 11.5. The molecule has 0 unspecified atom stereocenters. The lowest BCUT2D eigenvalue weighted by Crippen LogP contribution is -2.33. The van der Waals surface area contributed by atoms with E-state index in [1.165, 1.54) is 51.6 Å². The van der Waals surface area contributed by atoms with E-state index >= 15 is 0 Å². The zero-order chi connectivity index (χ0) is 23.2. The Morgan fingerprint density at radius 3 is 2.68 bits per heavy atom. The van der Waals surface area contributed by atoms with E-state index < -0.39 is 0 Å². The predicted octanol–water partition coefficient (Wildman–Crippen LogP) is 5.05. The van der Waals surface area contributed by atoms with Crippen molar-refractivity contribution in [3.8, 4) is 17.1 Å². The summed E-state index contributed by atoms with van der Waals surface area (Å²) in [6, 6.07) is 8.18. The molecule has 34 heavy (non-hydrogen) atoms. The van der Waals surface area contributed by atoms with E-state index in [-0.39, 0.29) is 0 Å². The summed E-state index contributed by atoms with van der Waals surface area (Å²) in [5.74, 6) is 2.52. The van der Waals surface area contributed by atoms with Gasteiger partial charge in [0.05, 0.1) is 10.2 Å². The molecule has 0 radical (unpaired) electrons. The molecule has 2 aromatic heterocycles. The van der Waals surface area contributed by atoms with Crippen molar-refractivity contribution in [1.29, 1.82) is 0 Å².